The molecule has 182 valence electrons. The molecule has 1 heterocycles. The van der Waals surface area contributed by atoms with Crippen LogP contribution in [0.25, 0.3) is 6.08 Å². The summed E-state index contributed by atoms with van der Waals surface area (Å²) in [5.41, 5.74) is 2.35. The highest BCUT2D eigenvalue weighted by Gasteiger charge is 2.36. The number of ether oxygens (including phenoxy) is 2. The Morgan fingerprint density at radius 2 is 1.67 bits per heavy atom. The van der Waals surface area contributed by atoms with Crippen molar-refractivity contribution in [2.45, 2.75) is 6.92 Å². The molecule has 0 unspecified atom stereocenters. The molecule has 9 heteroatoms. The Morgan fingerprint density at radius 1 is 0.972 bits per heavy atom. The van der Waals surface area contributed by atoms with Gasteiger partial charge in [-0.1, -0.05) is 24.3 Å². The van der Waals surface area contributed by atoms with Crippen molar-refractivity contribution >= 4 is 41.2 Å². The van der Waals surface area contributed by atoms with Crippen molar-refractivity contribution in [3.63, 3.8) is 0 Å². The number of carbonyl (C=O) groups is 4. The molecule has 0 aliphatic carbocycles. The summed E-state index contributed by atoms with van der Waals surface area (Å²) in [5.74, 6) is -0.846. The smallest absolute Gasteiger partial charge is 0.335 e. The van der Waals surface area contributed by atoms with Crippen LogP contribution in [0.3, 0.4) is 0 Å². The van der Waals surface area contributed by atoms with Gasteiger partial charge in [-0.15, -0.1) is 0 Å². The van der Waals surface area contributed by atoms with Crippen LogP contribution in [-0.4, -0.2) is 37.5 Å². The Balaban J connectivity index is 1.43. The van der Waals surface area contributed by atoms with Crippen LogP contribution in [0.5, 0.6) is 11.5 Å². The average molecular weight is 485 g/mol. The molecule has 0 spiro atoms. The summed E-state index contributed by atoms with van der Waals surface area (Å²) in [6.45, 7) is 1.75. The Bertz CT molecular complexity index is 1350. The zero-order chi connectivity index (χ0) is 25.7. The Kier molecular flexibility index (Phi) is 7.10. The lowest BCUT2D eigenvalue weighted by atomic mass is 10.1. The topological polar surface area (TPSA) is 114 Å². The third kappa shape index (κ3) is 5.58. The Hall–Kier alpha value is -4.92. The molecular weight excluding hydrogens is 462 g/mol. The van der Waals surface area contributed by atoms with Crippen molar-refractivity contribution in [2.24, 2.45) is 0 Å². The molecule has 0 atom stereocenters. The summed E-state index contributed by atoms with van der Waals surface area (Å²) >= 11 is 0. The van der Waals surface area contributed by atoms with Crippen LogP contribution in [0.4, 0.5) is 16.2 Å². The fourth-order valence-electron chi connectivity index (χ4n) is 3.52. The van der Waals surface area contributed by atoms with Gasteiger partial charge < -0.3 is 14.8 Å². The second-order valence-electron chi connectivity index (χ2n) is 7.93. The first kappa shape index (κ1) is 24.2. The monoisotopic (exact) mass is 485 g/mol. The highest BCUT2D eigenvalue weighted by molar-refractivity contribution is 6.39. The maximum atomic E-state index is 13.0. The van der Waals surface area contributed by atoms with Gasteiger partial charge in [-0.2, -0.15) is 0 Å². The standard InChI is InChI=1S/C27H23N3O6/c1-17-4-3-5-19(14-17)28-24(31)16-36-22-10-6-18(7-11-22)15-23-25(32)29-27(34)30(26(23)33)20-8-12-21(35-2)13-9-20/h3-15H,16H2,1-2H3,(H,28,31)(H,29,32,34)/b23-15+. The number of nitrogens with zero attached hydrogens (tertiary/aromatic N) is 1. The molecule has 1 saturated heterocycles. The van der Waals surface area contributed by atoms with Gasteiger partial charge in [0.05, 0.1) is 12.8 Å². The van der Waals surface area contributed by atoms with Gasteiger partial charge in [0, 0.05) is 5.69 Å². The third-order valence-electron chi connectivity index (χ3n) is 5.30. The molecule has 3 aromatic rings. The molecule has 9 nitrogen and oxygen atoms in total. The molecule has 1 aliphatic rings. The van der Waals surface area contributed by atoms with E-state index < -0.39 is 17.8 Å². The van der Waals surface area contributed by atoms with Crippen molar-refractivity contribution in [1.82, 2.24) is 5.32 Å². The molecule has 0 aromatic heterocycles. The van der Waals surface area contributed by atoms with Gasteiger partial charge in [0.1, 0.15) is 17.1 Å². The highest BCUT2D eigenvalue weighted by atomic mass is 16.5. The van der Waals surface area contributed by atoms with E-state index in [4.69, 9.17) is 9.47 Å². The van der Waals surface area contributed by atoms with E-state index in [1.807, 2.05) is 25.1 Å². The summed E-state index contributed by atoms with van der Waals surface area (Å²) in [4.78, 5) is 50.7. The number of aryl methyl sites for hydroxylation is 1. The summed E-state index contributed by atoms with van der Waals surface area (Å²) in [7, 11) is 1.50. The summed E-state index contributed by atoms with van der Waals surface area (Å²) in [6, 6.07) is 19.4. The number of rotatable bonds is 7. The van der Waals surface area contributed by atoms with Gasteiger partial charge in [-0.3, -0.25) is 19.7 Å². The molecule has 0 bridgehead atoms. The Labute approximate surface area is 207 Å². The molecular formula is C27H23N3O6. The summed E-state index contributed by atoms with van der Waals surface area (Å²) in [5, 5.41) is 4.94. The number of urea groups is 1. The fourth-order valence-corrected chi connectivity index (χ4v) is 3.52. The second kappa shape index (κ2) is 10.6. The molecule has 3 aromatic carbocycles. The van der Waals surface area contributed by atoms with Gasteiger partial charge in [-0.05, 0) is 72.7 Å². The molecule has 36 heavy (non-hydrogen) atoms. The number of benzene rings is 3. The van der Waals surface area contributed by atoms with Crippen molar-refractivity contribution in [3.05, 3.63) is 89.5 Å². The summed E-state index contributed by atoms with van der Waals surface area (Å²) in [6.07, 6.45) is 1.38. The van der Waals surface area contributed by atoms with Gasteiger partial charge in [0.2, 0.25) is 0 Å². The molecule has 5 amide bonds. The van der Waals surface area contributed by atoms with Crippen LogP contribution in [0.1, 0.15) is 11.1 Å². The zero-order valence-electron chi connectivity index (χ0n) is 19.6. The molecule has 4 rings (SSSR count). The first-order chi connectivity index (χ1) is 17.3. The van der Waals surface area contributed by atoms with Crippen LogP contribution in [0.15, 0.2) is 78.4 Å². The molecule has 1 fully saturated rings. The van der Waals surface area contributed by atoms with Crippen molar-refractivity contribution in [3.8, 4) is 11.5 Å². The molecule has 0 radical (unpaired) electrons. The number of hydrogen-bond acceptors (Lipinski definition) is 6. The van der Waals surface area contributed by atoms with E-state index in [2.05, 4.69) is 10.6 Å². The predicted octanol–water partition coefficient (Wildman–Crippen LogP) is 3.69. The number of amides is 5. The van der Waals surface area contributed by atoms with Crippen molar-refractivity contribution in [2.75, 3.05) is 23.9 Å². The minimum atomic E-state index is -0.833. The molecule has 0 saturated carbocycles. The fraction of sp³-hybridized carbons (Fsp3) is 0.111. The maximum Gasteiger partial charge on any atom is 0.335 e. The lowest BCUT2D eigenvalue weighted by molar-refractivity contribution is -0.122. The molecule has 1 aliphatic heterocycles. The van der Waals surface area contributed by atoms with Gasteiger partial charge in [0.15, 0.2) is 6.61 Å². The number of anilines is 2. The van der Waals surface area contributed by atoms with E-state index >= 15 is 0 Å². The minimum absolute atomic E-state index is 0.186. The van der Waals surface area contributed by atoms with Gasteiger partial charge in [0.25, 0.3) is 17.7 Å². The van der Waals surface area contributed by atoms with E-state index in [-0.39, 0.29) is 18.1 Å². The number of carbonyl (C=O) groups excluding carboxylic acids is 4. The second-order valence-corrected chi connectivity index (χ2v) is 7.93. The van der Waals surface area contributed by atoms with Crippen LogP contribution in [0, 0.1) is 6.92 Å². The first-order valence-electron chi connectivity index (χ1n) is 11.0. The Morgan fingerprint density at radius 3 is 2.33 bits per heavy atom. The SMILES string of the molecule is COc1ccc(N2C(=O)NC(=O)/C(=C\c3ccc(OCC(=O)Nc4cccc(C)c4)cc3)C2=O)cc1. The van der Waals surface area contributed by atoms with E-state index in [1.165, 1.54) is 13.2 Å². The minimum Gasteiger partial charge on any atom is -0.497 e. The largest absolute Gasteiger partial charge is 0.497 e. The van der Waals surface area contributed by atoms with Crippen LogP contribution < -0.4 is 25.0 Å². The number of barbiturate groups is 1. The third-order valence-corrected chi connectivity index (χ3v) is 5.30. The zero-order valence-corrected chi connectivity index (χ0v) is 19.6. The van der Waals surface area contributed by atoms with E-state index in [1.54, 1.807) is 54.6 Å². The highest BCUT2D eigenvalue weighted by Crippen LogP contribution is 2.24. The van der Waals surface area contributed by atoms with E-state index in [0.29, 0.717) is 28.4 Å². The van der Waals surface area contributed by atoms with Crippen LogP contribution in [0.2, 0.25) is 0 Å². The van der Waals surface area contributed by atoms with Crippen LogP contribution in [-0.2, 0) is 14.4 Å². The first-order valence-corrected chi connectivity index (χ1v) is 11.0. The van der Waals surface area contributed by atoms with Crippen LogP contribution >= 0.6 is 0 Å². The normalized spacial score (nSPS) is 14.4. The van der Waals surface area contributed by atoms with Gasteiger partial charge >= 0.3 is 6.03 Å². The lowest BCUT2D eigenvalue weighted by Gasteiger charge is -2.26. The number of hydrogen-bond donors (Lipinski definition) is 2. The van der Waals surface area contributed by atoms with Crippen molar-refractivity contribution in [1.29, 1.82) is 0 Å². The van der Waals surface area contributed by atoms with E-state index in [9.17, 15) is 19.2 Å². The quantitative estimate of drug-likeness (QED) is 0.390. The van der Waals surface area contributed by atoms with Gasteiger partial charge in [-0.25, -0.2) is 9.69 Å². The number of methoxy groups -OCH3 is 1. The van der Waals surface area contributed by atoms with Crippen molar-refractivity contribution < 1.29 is 28.7 Å². The number of nitrogens with one attached hydrogen (secondary N) is 2. The lowest BCUT2D eigenvalue weighted by Crippen LogP contribution is -2.54. The number of imide groups is 2. The van der Waals surface area contributed by atoms with E-state index in [0.717, 1.165) is 10.5 Å². The summed E-state index contributed by atoms with van der Waals surface area (Å²) < 4.78 is 10.6. The predicted molar refractivity (Wildman–Crippen MR) is 134 cm³/mol. The molecule has 2 N–H and O–H groups in total. The average Bonchev–Trinajstić information content (AvgIpc) is 2.86. The maximum absolute atomic E-state index is 13.0.